The minimum atomic E-state index is -3.57. The van der Waals surface area contributed by atoms with Crippen LogP contribution in [0.5, 0.6) is 11.5 Å². The summed E-state index contributed by atoms with van der Waals surface area (Å²) in [6.07, 6.45) is 0. The van der Waals surface area contributed by atoms with Gasteiger partial charge in [-0.2, -0.15) is 0 Å². The van der Waals surface area contributed by atoms with Crippen molar-refractivity contribution in [2.75, 3.05) is 27.3 Å². The third kappa shape index (κ3) is 3.96. The van der Waals surface area contributed by atoms with Crippen LogP contribution in [0.1, 0.15) is 23.1 Å². The molecule has 0 bridgehead atoms. The van der Waals surface area contributed by atoms with Gasteiger partial charge in [0, 0.05) is 20.6 Å². The van der Waals surface area contributed by atoms with E-state index >= 15 is 0 Å². The van der Waals surface area contributed by atoms with Crippen LogP contribution in [-0.4, -0.2) is 55.6 Å². The summed E-state index contributed by atoms with van der Waals surface area (Å²) < 4.78 is 44.3. The predicted molar refractivity (Wildman–Crippen MR) is 113 cm³/mol. The van der Waals surface area contributed by atoms with E-state index in [0.29, 0.717) is 48.2 Å². The Balaban J connectivity index is 1.57. The number of aryl methyl sites for hydroxylation is 1. The highest BCUT2D eigenvalue weighted by Gasteiger charge is 2.21. The van der Waals surface area contributed by atoms with Gasteiger partial charge in [-0.25, -0.2) is 22.5 Å². The Morgan fingerprint density at radius 1 is 1.13 bits per heavy atom. The molecule has 3 aromatic rings. The van der Waals surface area contributed by atoms with Crippen molar-refractivity contribution in [3.8, 4) is 11.5 Å². The number of imidazole rings is 1. The fourth-order valence-electron chi connectivity index (χ4n) is 3.38. The van der Waals surface area contributed by atoms with Crippen LogP contribution >= 0.6 is 0 Å². The lowest BCUT2D eigenvalue weighted by Gasteiger charge is -2.18. The maximum Gasteiger partial charge on any atom is 0.338 e. The number of carbonyl (C=O) groups is 1. The van der Waals surface area contributed by atoms with Crippen LogP contribution in [-0.2, 0) is 27.9 Å². The highest BCUT2D eigenvalue weighted by Crippen LogP contribution is 2.31. The van der Waals surface area contributed by atoms with Crippen molar-refractivity contribution in [1.82, 2.24) is 13.9 Å². The maximum atomic E-state index is 12.5. The van der Waals surface area contributed by atoms with E-state index in [9.17, 15) is 13.2 Å². The van der Waals surface area contributed by atoms with Crippen LogP contribution in [0.4, 0.5) is 0 Å². The number of hydrogen-bond donors (Lipinski definition) is 0. The molecule has 0 spiro atoms. The van der Waals surface area contributed by atoms with Gasteiger partial charge >= 0.3 is 5.97 Å². The quantitative estimate of drug-likeness (QED) is 0.537. The standard InChI is InChI=1S/C21H23N3O6S/c1-4-24-17-7-6-15(31(26,27)23(2)3)12-16(17)22-20(24)13-30-21(25)14-5-8-18-19(11-14)29-10-9-28-18/h5-8,11-12H,4,9-10,13H2,1-3H3. The van der Waals surface area contributed by atoms with Crippen molar-refractivity contribution >= 4 is 27.0 Å². The molecular formula is C21H23N3O6S. The number of benzene rings is 2. The number of rotatable bonds is 6. The van der Waals surface area contributed by atoms with E-state index in [1.807, 2.05) is 11.5 Å². The second-order valence-corrected chi connectivity index (χ2v) is 9.30. The molecule has 2 heterocycles. The first-order valence-corrected chi connectivity index (χ1v) is 11.2. The molecule has 0 radical (unpaired) electrons. The molecule has 0 saturated heterocycles. The molecule has 0 saturated carbocycles. The molecule has 0 atom stereocenters. The molecular weight excluding hydrogens is 422 g/mol. The first kappa shape index (κ1) is 21.1. The van der Waals surface area contributed by atoms with Crippen molar-refractivity contribution in [3.63, 3.8) is 0 Å². The van der Waals surface area contributed by atoms with Crippen molar-refractivity contribution in [3.05, 3.63) is 47.8 Å². The molecule has 10 heteroatoms. The lowest BCUT2D eigenvalue weighted by Crippen LogP contribution is -2.22. The summed E-state index contributed by atoms with van der Waals surface area (Å²) in [5.41, 5.74) is 1.64. The Morgan fingerprint density at radius 3 is 2.58 bits per heavy atom. The molecule has 0 N–H and O–H groups in total. The molecule has 164 valence electrons. The third-order valence-electron chi connectivity index (χ3n) is 5.00. The molecule has 0 aliphatic carbocycles. The summed E-state index contributed by atoms with van der Waals surface area (Å²) in [4.78, 5) is 17.2. The highest BCUT2D eigenvalue weighted by molar-refractivity contribution is 7.89. The van der Waals surface area contributed by atoms with Crippen LogP contribution in [0.15, 0.2) is 41.3 Å². The van der Waals surface area contributed by atoms with Gasteiger partial charge in [0.2, 0.25) is 10.0 Å². The Bertz CT molecular complexity index is 1250. The predicted octanol–water partition coefficient (Wildman–Crippen LogP) is 2.43. The number of ether oxygens (including phenoxy) is 3. The Kier molecular flexibility index (Phi) is 5.59. The molecule has 0 unspecified atom stereocenters. The highest BCUT2D eigenvalue weighted by atomic mass is 32.2. The second kappa shape index (κ2) is 8.20. The summed E-state index contributed by atoms with van der Waals surface area (Å²) in [7, 11) is -0.613. The number of esters is 1. The number of hydrogen-bond acceptors (Lipinski definition) is 7. The van der Waals surface area contributed by atoms with Crippen molar-refractivity contribution < 1.29 is 27.4 Å². The van der Waals surface area contributed by atoms with Gasteiger partial charge in [-0.15, -0.1) is 0 Å². The van der Waals surface area contributed by atoms with Gasteiger partial charge in [0.25, 0.3) is 0 Å². The minimum absolute atomic E-state index is 0.0500. The van der Waals surface area contributed by atoms with Gasteiger partial charge in [0.05, 0.1) is 21.5 Å². The third-order valence-corrected chi connectivity index (χ3v) is 6.81. The van der Waals surface area contributed by atoms with Crippen LogP contribution in [0.3, 0.4) is 0 Å². The number of aromatic nitrogens is 2. The summed E-state index contributed by atoms with van der Waals surface area (Å²) in [6.45, 7) is 3.38. The van der Waals surface area contributed by atoms with E-state index in [2.05, 4.69) is 4.98 Å². The SMILES string of the molecule is CCn1c(COC(=O)c2ccc3c(c2)OCCO3)nc2cc(S(=O)(=O)N(C)C)ccc21. The maximum absolute atomic E-state index is 12.5. The van der Waals surface area contributed by atoms with E-state index in [-0.39, 0.29) is 11.5 Å². The molecule has 9 nitrogen and oxygen atoms in total. The van der Waals surface area contributed by atoms with Gasteiger partial charge in [-0.1, -0.05) is 0 Å². The Morgan fingerprint density at radius 2 is 1.87 bits per heavy atom. The molecule has 4 rings (SSSR count). The zero-order chi connectivity index (χ0) is 22.2. The molecule has 0 fully saturated rings. The van der Waals surface area contributed by atoms with E-state index in [4.69, 9.17) is 14.2 Å². The summed E-state index contributed by atoms with van der Waals surface area (Å²) >= 11 is 0. The number of sulfonamides is 1. The first-order valence-electron chi connectivity index (χ1n) is 9.79. The zero-order valence-electron chi connectivity index (χ0n) is 17.5. The average molecular weight is 445 g/mol. The number of fused-ring (bicyclic) bond motifs is 2. The molecule has 1 aromatic heterocycles. The summed E-state index contributed by atoms with van der Waals surface area (Å²) in [6, 6.07) is 9.70. The van der Waals surface area contributed by atoms with E-state index < -0.39 is 16.0 Å². The van der Waals surface area contributed by atoms with Crippen molar-refractivity contribution in [1.29, 1.82) is 0 Å². The van der Waals surface area contributed by atoms with Crippen molar-refractivity contribution in [2.24, 2.45) is 0 Å². The van der Waals surface area contributed by atoms with Gasteiger partial charge < -0.3 is 18.8 Å². The molecule has 1 aliphatic rings. The zero-order valence-corrected chi connectivity index (χ0v) is 18.3. The number of carbonyl (C=O) groups excluding carboxylic acids is 1. The van der Waals surface area contributed by atoms with E-state index in [1.165, 1.54) is 20.2 Å². The average Bonchev–Trinajstić information content (AvgIpc) is 3.13. The fourth-order valence-corrected chi connectivity index (χ4v) is 4.30. The van der Waals surface area contributed by atoms with Crippen LogP contribution in [0.25, 0.3) is 11.0 Å². The molecule has 31 heavy (non-hydrogen) atoms. The number of nitrogens with zero attached hydrogens (tertiary/aromatic N) is 3. The fraction of sp³-hybridized carbons (Fsp3) is 0.333. The van der Waals surface area contributed by atoms with E-state index in [1.54, 1.807) is 30.3 Å². The first-order chi connectivity index (χ1) is 14.8. The van der Waals surface area contributed by atoms with Gasteiger partial charge in [-0.3, -0.25) is 0 Å². The second-order valence-electron chi connectivity index (χ2n) is 7.14. The topological polar surface area (TPSA) is 100.0 Å². The van der Waals surface area contributed by atoms with Gasteiger partial charge in [-0.05, 0) is 43.3 Å². The van der Waals surface area contributed by atoms with Crippen LogP contribution in [0, 0.1) is 0 Å². The lowest BCUT2D eigenvalue weighted by atomic mass is 10.2. The summed E-state index contributed by atoms with van der Waals surface area (Å²) in [5.74, 6) is 1.13. The molecule has 2 aromatic carbocycles. The Hall–Kier alpha value is -3.11. The molecule has 0 amide bonds. The largest absolute Gasteiger partial charge is 0.486 e. The minimum Gasteiger partial charge on any atom is -0.486 e. The summed E-state index contributed by atoms with van der Waals surface area (Å²) in [5, 5.41) is 0. The van der Waals surface area contributed by atoms with E-state index in [0.717, 1.165) is 9.82 Å². The van der Waals surface area contributed by atoms with Crippen LogP contribution in [0.2, 0.25) is 0 Å². The smallest absolute Gasteiger partial charge is 0.338 e. The van der Waals surface area contributed by atoms with Crippen molar-refractivity contribution in [2.45, 2.75) is 25.0 Å². The Labute approximate surface area is 180 Å². The van der Waals surface area contributed by atoms with Crippen LogP contribution < -0.4 is 9.47 Å². The molecule has 1 aliphatic heterocycles. The van der Waals surface area contributed by atoms with Gasteiger partial charge in [0.1, 0.15) is 25.6 Å². The normalized spacial score (nSPS) is 13.5. The lowest BCUT2D eigenvalue weighted by molar-refractivity contribution is 0.0457. The van der Waals surface area contributed by atoms with Gasteiger partial charge in [0.15, 0.2) is 11.5 Å². The monoisotopic (exact) mass is 445 g/mol.